The van der Waals surface area contributed by atoms with Crippen molar-refractivity contribution in [2.24, 2.45) is 5.92 Å². The second-order valence-electron chi connectivity index (χ2n) is 6.42. The van der Waals surface area contributed by atoms with Crippen molar-refractivity contribution in [3.05, 3.63) is 65.2 Å². The predicted octanol–water partition coefficient (Wildman–Crippen LogP) is 4.39. The van der Waals surface area contributed by atoms with Crippen LogP contribution in [0.4, 0.5) is 5.69 Å². The number of para-hydroxylation sites is 1. The van der Waals surface area contributed by atoms with Crippen molar-refractivity contribution >= 4 is 5.69 Å². The molecule has 3 unspecified atom stereocenters. The molecule has 0 aromatic heterocycles. The van der Waals surface area contributed by atoms with Gasteiger partial charge in [-0.1, -0.05) is 49.4 Å². The second kappa shape index (κ2) is 4.66. The SMILES string of the molecule is CC1Cc2ccccc2NC1CC1Cc2ccccc21. The lowest BCUT2D eigenvalue weighted by molar-refractivity contribution is 0.394. The zero-order valence-corrected chi connectivity index (χ0v) is 12.0. The van der Waals surface area contributed by atoms with Gasteiger partial charge in [-0.05, 0) is 53.9 Å². The molecule has 1 aliphatic carbocycles. The van der Waals surface area contributed by atoms with Crippen LogP contribution in [0.15, 0.2) is 48.5 Å². The maximum absolute atomic E-state index is 3.78. The average Bonchev–Trinajstić information content (AvgIpc) is 2.45. The van der Waals surface area contributed by atoms with E-state index >= 15 is 0 Å². The highest BCUT2D eigenvalue weighted by Gasteiger charge is 2.32. The number of benzene rings is 2. The van der Waals surface area contributed by atoms with Gasteiger partial charge in [0.2, 0.25) is 0 Å². The molecule has 0 fully saturated rings. The van der Waals surface area contributed by atoms with E-state index in [0.717, 1.165) is 11.8 Å². The van der Waals surface area contributed by atoms with Crippen LogP contribution in [0, 0.1) is 5.92 Å². The average molecular weight is 263 g/mol. The van der Waals surface area contributed by atoms with Gasteiger partial charge >= 0.3 is 0 Å². The third-order valence-electron chi connectivity index (χ3n) is 5.09. The summed E-state index contributed by atoms with van der Waals surface area (Å²) in [5.41, 5.74) is 5.97. The molecule has 0 saturated carbocycles. The van der Waals surface area contributed by atoms with Crippen molar-refractivity contribution in [1.29, 1.82) is 0 Å². The van der Waals surface area contributed by atoms with Crippen molar-refractivity contribution < 1.29 is 0 Å². The van der Waals surface area contributed by atoms with Crippen LogP contribution in [-0.2, 0) is 12.8 Å². The maximum atomic E-state index is 3.78. The molecule has 4 rings (SSSR count). The fraction of sp³-hybridized carbons (Fsp3) is 0.368. The van der Waals surface area contributed by atoms with E-state index in [9.17, 15) is 0 Å². The number of nitrogens with one attached hydrogen (secondary N) is 1. The Morgan fingerprint density at radius 2 is 1.70 bits per heavy atom. The van der Waals surface area contributed by atoms with Crippen LogP contribution in [0.5, 0.6) is 0 Å². The van der Waals surface area contributed by atoms with Gasteiger partial charge in [-0.25, -0.2) is 0 Å². The van der Waals surface area contributed by atoms with Gasteiger partial charge in [0, 0.05) is 11.7 Å². The molecule has 20 heavy (non-hydrogen) atoms. The lowest BCUT2D eigenvalue weighted by Gasteiger charge is -2.38. The summed E-state index contributed by atoms with van der Waals surface area (Å²) in [5, 5.41) is 3.78. The smallest absolute Gasteiger partial charge is 0.0375 e. The molecule has 2 aromatic rings. The van der Waals surface area contributed by atoms with Gasteiger partial charge in [-0.15, -0.1) is 0 Å². The van der Waals surface area contributed by atoms with Gasteiger partial charge in [0.05, 0.1) is 0 Å². The van der Waals surface area contributed by atoms with E-state index in [0.29, 0.717) is 6.04 Å². The molecular formula is C19H21N. The Balaban J connectivity index is 1.51. The first-order chi connectivity index (χ1) is 9.81. The van der Waals surface area contributed by atoms with Gasteiger partial charge in [0.15, 0.2) is 0 Å². The molecule has 2 aliphatic rings. The number of hydrogen-bond donors (Lipinski definition) is 1. The second-order valence-corrected chi connectivity index (χ2v) is 6.42. The summed E-state index contributed by atoms with van der Waals surface area (Å²) < 4.78 is 0. The quantitative estimate of drug-likeness (QED) is 0.847. The van der Waals surface area contributed by atoms with E-state index in [4.69, 9.17) is 0 Å². The molecule has 1 heteroatoms. The number of anilines is 1. The zero-order chi connectivity index (χ0) is 13.5. The highest BCUT2D eigenvalue weighted by Crippen LogP contribution is 2.41. The van der Waals surface area contributed by atoms with Crippen LogP contribution in [-0.4, -0.2) is 6.04 Å². The summed E-state index contributed by atoms with van der Waals surface area (Å²) in [6, 6.07) is 18.3. The molecule has 1 nitrogen and oxygen atoms in total. The summed E-state index contributed by atoms with van der Waals surface area (Å²) in [7, 11) is 0. The third kappa shape index (κ3) is 1.93. The van der Waals surface area contributed by atoms with E-state index < -0.39 is 0 Å². The molecule has 1 aliphatic heterocycles. The Hall–Kier alpha value is -1.76. The summed E-state index contributed by atoms with van der Waals surface area (Å²) in [6.07, 6.45) is 3.75. The third-order valence-corrected chi connectivity index (χ3v) is 5.09. The van der Waals surface area contributed by atoms with Crippen LogP contribution >= 0.6 is 0 Å². The molecular weight excluding hydrogens is 242 g/mol. The van der Waals surface area contributed by atoms with Gasteiger partial charge in [-0.3, -0.25) is 0 Å². The normalized spacial score (nSPS) is 26.9. The first-order valence-electron chi connectivity index (χ1n) is 7.73. The monoisotopic (exact) mass is 263 g/mol. The lowest BCUT2D eigenvalue weighted by Crippen LogP contribution is -2.36. The van der Waals surface area contributed by atoms with Gasteiger partial charge in [0.25, 0.3) is 0 Å². The molecule has 0 radical (unpaired) electrons. The minimum Gasteiger partial charge on any atom is -0.382 e. The Bertz CT molecular complexity index is 631. The first kappa shape index (κ1) is 12.0. The van der Waals surface area contributed by atoms with E-state index in [-0.39, 0.29) is 0 Å². The van der Waals surface area contributed by atoms with Crippen LogP contribution < -0.4 is 5.32 Å². The Kier molecular flexibility index (Phi) is 2.80. The molecule has 0 saturated heterocycles. The van der Waals surface area contributed by atoms with Crippen molar-refractivity contribution in [3.63, 3.8) is 0 Å². The molecule has 1 N–H and O–H groups in total. The Morgan fingerprint density at radius 1 is 0.950 bits per heavy atom. The largest absolute Gasteiger partial charge is 0.382 e. The highest BCUT2D eigenvalue weighted by molar-refractivity contribution is 5.54. The van der Waals surface area contributed by atoms with Gasteiger partial charge in [0.1, 0.15) is 0 Å². The van der Waals surface area contributed by atoms with E-state index in [2.05, 4.69) is 60.8 Å². The number of fused-ring (bicyclic) bond motifs is 2. The van der Waals surface area contributed by atoms with Crippen molar-refractivity contribution in [1.82, 2.24) is 0 Å². The molecule has 0 bridgehead atoms. The van der Waals surface area contributed by atoms with Crippen molar-refractivity contribution in [2.75, 3.05) is 5.32 Å². The molecule has 2 aromatic carbocycles. The molecule has 0 amide bonds. The van der Waals surface area contributed by atoms with Crippen LogP contribution in [0.3, 0.4) is 0 Å². The molecule has 3 atom stereocenters. The molecule has 1 heterocycles. The minimum atomic E-state index is 0.614. The standard InChI is InChI=1S/C19H21N/c1-13-10-15-7-3-5-9-18(15)20-19(13)12-16-11-14-6-2-4-8-17(14)16/h2-9,13,16,19-20H,10-12H2,1H3. The predicted molar refractivity (Wildman–Crippen MR) is 84.2 cm³/mol. The summed E-state index contributed by atoms with van der Waals surface area (Å²) in [5.74, 6) is 1.48. The Labute approximate surface area is 121 Å². The zero-order valence-electron chi connectivity index (χ0n) is 12.0. The highest BCUT2D eigenvalue weighted by atomic mass is 14.9. The summed E-state index contributed by atoms with van der Waals surface area (Å²) in [4.78, 5) is 0. The van der Waals surface area contributed by atoms with E-state index in [1.165, 1.54) is 30.5 Å². The maximum Gasteiger partial charge on any atom is 0.0375 e. The van der Waals surface area contributed by atoms with Crippen LogP contribution in [0.2, 0.25) is 0 Å². The minimum absolute atomic E-state index is 0.614. The summed E-state index contributed by atoms with van der Waals surface area (Å²) in [6.45, 7) is 2.39. The Morgan fingerprint density at radius 3 is 2.55 bits per heavy atom. The lowest BCUT2D eigenvalue weighted by atomic mass is 9.72. The fourth-order valence-electron chi connectivity index (χ4n) is 3.84. The van der Waals surface area contributed by atoms with Crippen LogP contribution in [0.1, 0.15) is 36.0 Å². The van der Waals surface area contributed by atoms with Gasteiger partial charge in [-0.2, -0.15) is 0 Å². The van der Waals surface area contributed by atoms with E-state index in [1.54, 1.807) is 11.1 Å². The van der Waals surface area contributed by atoms with E-state index in [1.807, 2.05) is 0 Å². The fourth-order valence-corrected chi connectivity index (χ4v) is 3.84. The number of rotatable bonds is 2. The first-order valence-corrected chi connectivity index (χ1v) is 7.73. The molecule has 0 spiro atoms. The van der Waals surface area contributed by atoms with Crippen molar-refractivity contribution in [2.45, 2.75) is 38.1 Å². The van der Waals surface area contributed by atoms with Gasteiger partial charge < -0.3 is 5.32 Å². The number of hydrogen-bond acceptors (Lipinski definition) is 1. The summed E-state index contributed by atoms with van der Waals surface area (Å²) >= 11 is 0. The topological polar surface area (TPSA) is 12.0 Å². The van der Waals surface area contributed by atoms with Crippen molar-refractivity contribution in [3.8, 4) is 0 Å². The molecule has 102 valence electrons. The van der Waals surface area contributed by atoms with Crippen LogP contribution in [0.25, 0.3) is 0 Å².